The summed E-state index contributed by atoms with van der Waals surface area (Å²) in [6.45, 7) is 0.0786. The maximum atomic E-state index is 15.1. The maximum absolute atomic E-state index is 15.1. The minimum absolute atomic E-state index is 0.0134. The first-order valence-electron chi connectivity index (χ1n) is 13.7. The number of carbonyl (C=O) groups is 3. The van der Waals surface area contributed by atoms with Crippen molar-refractivity contribution in [2.45, 2.75) is 18.1 Å². The highest BCUT2D eigenvalue weighted by Crippen LogP contribution is 2.39. The first kappa shape index (κ1) is 32.0. The molecule has 1 saturated heterocycles. The number of aryl methyl sites for hydroxylation is 1. The average molecular weight is 630 g/mol. The average Bonchev–Trinajstić information content (AvgIpc) is 3.73. The van der Waals surface area contributed by atoms with Gasteiger partial charge in [-0.1, -0.05) is 5.24 Å². The third-order valence-electron chi connectivity index (χ3n) is 7.07. The Morgan fingerprint density at radius 1 is 1.04 bits per heavy atom. The van der Waals surface area contributed by atoms with Crippen molar-refractivity contribution < 1.29 is 31.9 Å². The fourth-order valence-electron chi connectivity index (χ4n) is 4.66. The number of carbonyl (C=O) groups excluding carboxylic acids is 3. The molecule has 228 valence electrons. The van der Waals surface area contributed by atoms with E-state index >= 15 is 4.39 Å². The summed E-state index contributed by atoms with van der Waals surface area (Å²) in [7, 11) is 16.2. The van der Waals surface area contributed by atoms with Gasteiger partial charge in [-0.2, -0.15) is 5.10 Å². The van der Waals surface area contributed by atoms with Crippen LogP contribution in [0, 0.1) is 11.7 Å². The molecule has 1 saturated carbocycles. The van der Waals surface area contributed by atoms with Gasteiger partial charge >= 0.3 is 0 Å². The van der Waals surface area contributed by atoms with E-state index in [4.69, 9.17) is 28.3 Å². The van der Waals surface area contributed by atoms with Gasteiger partial charge in [-0.25, -0.2) is 12.8 Å². The van der Waals surface area contributed by atoms with Gasteiger partial charge in [-0.15, -0.1) is 10.2 Å². The summed E-state index contributed by atoms with van der Waals surface area (Å²) < 4.78 is 45.7. The predicted molar refractivity (Wildman–Crippen MR) is 164 cm³/mol. The Bertz CT molecular complexity index is 1780. The molecule has 14 nitrogen and oxygen atoms in total. The SMILES string of the molecule is [B]C([B])([B])NC(=O)c1nnc(NC(=O)C2CC2)cc1Nc1cc(F)cc(-c2cc(C(=O)N3CCS(=O)(=O)CC3)n(C)n2)c1OC. The molecule has 3 N–H and O–H groups in total. The summed E-state index contributed by atoms with van der Waals surface area (Å²) in [4.78, 5) is 39.9. The number of rotatable bonds is 9. The van der Waals surface area contributed by atoms with Crippen molar-refractivity contribution in [1.29, 1.82) is 0 Å². The van der Waals surface area contributed by atoms with E-state index < -0.39 is 32.7 Å². The lowest BCUT2D eigenvalue weighted by molar-refractivity contribution is -0.117. The third kappa shape index (κ3) is 7.46. The number of halogens is 1. The number of nitrogens with one attached hydrogen (secondary N) is 3. The summed E-state index contributed by atoms with van der Waals surface area (Å²) in [5.41, 5.74) is 0.112. The molecule has 1 aliphatic heterocycles. The van der Waals surface area contributed by atoms with Crippen LogP contribution in [0.3, 0.4) is 0 Å². The molecular formula is C26H26B3FN8O6S. The molecule has 45 heavy (non-hydrogen) atoms. The van der Waals surface area contributed by atoms with E-state index in [1.807, 2.05) is 0 Å². The van der Waals surface area contributed by atoms with E-state index in [1.165, 1.54) is 35.9 Å². The molecule has 3 aromatic rings. The number of ether oxygens (including phenoxy) is 1. The zero-order valence-electron chi connectivity index (χ0n) is 24.3. The van der Waals surface area contributed by atoms with Crippen LogP contribution >= 0.6 is 0 Å². The summed E-state index contributed by atoms with van der Waals surface area (Å²) in [5, 5.41) is 17.8. The summed E-state index contributed by atoms with van der Waals surface area (Å²) in [6.07, 6.45) is 1.47. The highest BCUT2D eigenvalue weighted by Gasteiger charge is 2.31. The molecule has 0 spiro atoms. The molecule has 2 aliphatic rings. The number of nitrogens with zero attached hydrogens (tertiary/aromatic N) is 5. The quantitative estimate of drug-likeness (QED) is 0.269. The highest BCUT2D eigenvalue weighted by molar-refractivity contribution is 7.91. The number of hydrogen-bond acceptors (Lipinski definition) is 10. The van der Waals surface area contributed by atoms with Crippen LogP contribution in [0.2, 0.25) is 0 Å². The number of sulfone groups is 1. The van der Waals surface area contributed by atoms with E-state index in [9.17, 15) is 22.8 Å². The molecule has 0 atom stereocenters. The maximum Gasteiger partial charge on any atom is 0.272 e. The number of methoxy groups -OCH3 is 1. The first-order chi connectivity index (χ1) is 21.1. The molecule has 2 aromatic heterocycles. The molecule has 5 rings (SSSR count). The Morgan fingerprint density at radius 3 is 2.36 bits per heavy atom. The van der Waals surface area contributed by atoms with Crippen molar-refractivity contribution in [2.75, 3.05) is 42.3 Å². The van der Waals surface area contributed by atoms with Crippen LogP contribution in [0.1, 0.15) is 33.8 Å². The second kappa shape index (κ2) is 12.2. The van der Waals surface area contributed by atoms with Crippen LogP contribution in [-0.2, 0) is 21.7 Å². The van der Waals surface area contributed by atoms with Gasteiger partial charge in [0, 0.05) is 43.8 Å². The molecule has 2 fully saturated rings. The molecule has 3 amide bonds. The van der Waals surface area contributed by atoms with Gasteiger partial charge < -0.3 is 25.6 Å². The topological polar surface area (TPSA) is 178 Å². The number of aromatic nitrogens is 4. The molecule has 6 radical (unpaired) electrons. The number of hydrogen-bond donors (Lipinski definition) is 3. The van der Waals surface area contributed by atoms with E-state index in [0.29, 0.717) is 0 Å². The number of anilines is 3. The van der Waals surface area contributed by atoms with Gasteiger partial charge in [0.05, 0.1) is 59.2 Å². The summed E-state index contributed by atoms with van der Waals surface area (Å²) in [5.74, 6) is -2.70. The molecular weight excluding hydrogens is 604 g/mol. The zero-order valence-corrected chi connectivity index (χ0v) is 25.1. The second-order valence-corrected chi connectivity index (χ2v) is 13.1. The van der Waals surface area contributed by atoms with E-state index in [1.54, 1.807) is 0 Å². The van der Waals surface area contributed by atoms with Crippen molar-refractivity contribution in [3.8, 4) is 17.0 Å². The van der Waals surface area contributed by atoms with Crippen molar-refractivity contribution >= 4 is 68.3 Å². The Kier molecular flexibility index (Phi) is 8.66. The van der Waals surface area contributed by atoms with E-state index in [2.05, 4.69) is 31.2 Å². The number of amides is 3. The Morgan fingerprint density at radius 2 is 1.73 bits per heavy atom. The Balaban J connectivity index is 1.50. The van der Waals surface area contributed by atoms with Gasteiger partial charge in [0.1, 0.15) is 11.5 Å². The van der Waals surface area contributed by atoms with Gasteiger partial charge in [0.25, 0.3) is 11.8 Å². The Hall–Kier alpha value is -4.41. The summed E-state index contributed by atoms with van der Waals surface area (Å²) in [6, 6.07) is 5.00. The molecule has 3 heterocycles. The van der Waals surface area contributed by atoms with Crippen molar-refractivity contribution in [1.82, 2.24) is 30.2 Å². The third-order valence-corrected chi connectivity index (χ3v) is 8.68. The lowest BCUT2D eigenvalue weighted by Gasteiger charge is -2.26. The van der Waals surface area contributed by atoms with Crippen LogP contribution in [0.5, 0.6) is 5.75 Å². The van der Waals surface area contributed by atoms with Gasteiger partial charge in [0.15, 0.2) is 27.1 Å². The predicted octanol–water partition coefficient (Wildman–Crippen LogP) is -0.166. The van der Waals surface area contributed by atoms with Crippen molar-refractivity contribution in [2.24, 2.45) is 13.0 Å². The fourth-order valence-corrected chi connectivity index (χ4v) is 5.86. The van der Waals surface area contributed by atoms with Crippen molar-refractivity contribution in [3.05, 3.63) is 41.5 Å². The van der Waals surface area contributed by atoms with Crippen LogP contribution < -0.4 is 20.7 Å². The monoisotopic (exact) mass is 630 g/mol. The normalized spacial score (nSPS) is 16.1. The van der Waals surface area contributed by atoms with Gasteiger partial charge in [0.2, 0.25) is 5.91 Å². The van der Waals surface area contributed by atoms with Crippen LogP contribution in [0.25, 0.3) is 11.3 Å². The molecule has 19 heteroatoms. The molecule has 1 aliphatic carbocycles. The smallest absolute Gasteiger partial charge is 0.272 e. The minimum atomic E-state index is -3.21. The first-order valence-corrected chi connectivity index (χ1v) is 15.5. The van der Waals surface area contributed by atoms with Crippen molar-refractivity contribution in [3.63, 3.8) is 0 Å². The van der Waals surface area contributed by atoms with Crippen LogP contribution in [0.15, 0.2) is 24.3 Å². The lowest BCUT2D eigenvalue weighted by atomic mass is 9.49. The fraction of sp³-hybridized carbons (Fsp3) is 0.385. The largest absolute Gasteiger partial charge is 0.494 e. The number of benzene rings is 1. The zero-order chi connectivity index (χ0) is 32.7. The highest BCUT2D eigenvalue weighted by atomic mass is 32.2. The minimum Gasteiger partial charge on any atom is -0.494 e. The lowest BCUT2D eigenvalue weighted by Crippen LogP contribution is -2.50. The standard InChI is InChI=1S/C26H26B3FN8O6S/c1-37-19(25(41)38-5-7-45(42,43)8-6-38)11-16(36-37)15-9-14(30)10-18(22(15)44-2)31-17-12-20(32-23(39)13-3-4-13)34-35-21(17)24(40)33-26(27,28)29/h9-13H,3-8H2,1-2H3,(H,33,40)(H2,31,32,34,39). The van der Waals surface area contributed by atoms with Crippen LogP contribution in [-0.4, -0.2) is 111 Å². The summed E-state index contributed by atoms with van der Waals surface area (Å²) >= 11 is 0. The van der Waals surface area contributed by atoms with Crippen LogP contribution in [0.4, 0.5) is 21.6 Å². The second-order valence-electron chi connectivity index (χ2n) is 10.8. The van der Waals surface area contributed by atoms with Gasteiger partial charge in [-0.05, 0) is 25.0 Å². The molecule has 0 unspecified atom stereocenters. The van der Waals surface area contributed by atoms with E-state index in [0.717, 1.165) is 25.0 Å². The molecule has 1 aromatic carbocycles. The van der Waals surface area contributed by atoms with E-state index in [-0.39, 0.29) is 82.0 Å². The Labute approximate surface area is 262 Å². The van der Waals surface area contributed by atoms with Gasteiger partial charge in [-0.3, -0.25) is 19.1 Å². The molecule has 0 bridgehead atoms.